The lowest BCUT2D eigenvalue weighted by Gasteiger charge is -2.22. The van der Waals surface area contributed by atoms with Gasteiger partial charge in [-0.15, -0.1) is 0 Å². The number of hydrogen-bond donors (Lipinski definition) is 2. The first-order valence-electron chi connectivity index (χ1n) is 7.29. The maximum atomic E-state index is 12.0. The molecule has 0 bridgehead atoms. The van der Waals surface area contributed by atoms with Crippen LogP contribution in [0.1, 0.15) is 24.8 Å². The maximum Gasteiger partial charge on any atom is 0.326 e. The minimum atomic E-state index is -1.00. The van der Waals surface area contributed by atoms with Crippen LogP contribution in [-0.4, -0.2) is 36.2 Å². The van der Waals surface area contributed by atoms with Gasteiger partial charge in [-0.1, -0.05) is 30.3 Å². The quantitative estimate of drug-likeness (QED) is 0.835. The summed E-state index contributed by atoms with van der Waals surface area (Å²) in [6, 6.07) is 8.44. The largest absolute Gasteiger partial charge is 0.480 e. The van der Waals surface area contributed by atoms with E-state index in [9.17, 15) is 14.7 Å². The van der Waals surface area contributed by atoms with E-state index in [1.54, 1.807) is 0 Å². The second-order valence-corrected chi connectivity index (χ2v) is 5.41. The smallest absolute Gasteiger partial charge is 0.326 e. The van der Waals surface area contributed by atoms with Crippen LogP contribution in [0.25, 0.3) is 0 Å². The van der Waals surface area contributed by atoms with Crippen molar-refractivity contribution in [3.8, 4) is 0 Å². The fraction of sp³-hybridized carbons (Fsp3) is 0.500. The lowest BCUT2D eigenvalue weighted by atomic mass is 9.96. The summed E-state index contributed by atoms with van der Waals surface area (Å²) in [5, 5.41) is 11.9. The van der Waals surface area contributed by atoms with E-state index < -0.39 is 12.0 Å². The van der Waals surface area contributed by atoms with Gasteiger partial charge in [-0.2, -0.15) is 0 Å². The van der Waals surface area contributed by atoms with Crippen molar-refractivity contribution in [2.24, 2.45) is 5.92 Å². The third kappa shape index (κ3) is 5.19. The molecule has 21 heavy (non-hydrogen) atoms. The van der Waals surface area contributed by atoms with Crippen molar-refractivity contribution in [1.82, 2.24) is 5.32 Å². The molecule has 1 aliphatic rings. The predicted molar refractivity (Wildman–Crippen MR) is 77.9 cm³/mol. The van der Waals surface area contributed by atoms with E-state index in [-0.39, 0.29) is 5.91 Å². The van der Waals surface area contributed by atoms with Crippen LogP contribution in [-0.2, 0) is 20.7 Å². The molecule has 1 aliphatic heterocycles. The molecule has 0 unspecified atom stereocenters. The van der Waals surface area contributed by atoms with E-state index in [1.807, 2.05) is 30.3 Å². The molecule has 1 aromatic carbocycles. The molecule has 1 aromatic rings. The van der Waals surface area contributed by atoms with Crippen LogP contribution in [0, 0.1) is 5.92 Å². The van der Waals surface area contributed by atoms with Crippen LogP contribution >= 0.6 is 0 Å². The summed E-state index contributed by atoms with van der Waals surface area (Å²) in [7, 11) is 0. The van der Waals surface area contributed by atoms with Gasteiger partial charge >= 0.3 is 5.97 Å². The Bertz CT molecular complexity index is 468. The number of carboxylic acids is 1. The molecule has 2 N–H and O–H groups in total. The van der Waals surface area contributed by atoms with Crippen LogP contribution in [0.5, 0.6) is 0 Å². The average Bonchev–Trinajstić information content (AvgIpc) is 2.48. The summed E-state index contributed by atoms with van der Waals surface area (Å²) in [6.45, 7) is 1.37. The number of aliphatic carboxylic acids is 1. The standard InChI is InChI=1S/C16H21NO4/c18-15(11-13-6-8-21-9-7-13)17-14(16(19)20)10-12-4-2-1-3-5-12/h1-5,13-14H,6-11H2,(H,17,18)(H,19,20)/t14-/m0/s1. The van der Waals surface area contributed by atoms with Crippen LogP contribution in [0.2, 0.25) is 0 Å². The van der Waals surface area contributed by atoms with Crippen molar-refractivity contribution >= 4 is 11.9 Å². The Morgan fingerprint density at radius 1 is 1.24 bits per heavy atom. The summed E-state index contributed by atoms with van der Waals surface area (Å²) < 4.78 is 5.25. The van der Waals surface area contributed by atoms with Crippen molar-refractivity contribution in [2.75, 3.05) is 13.2 Å². The Labute approximate surface area is 124 Å². The highest BCUT2D eigenvalue weighted by Crippen LogP contribution is 2.18. The van der Waals surface area contributed by atoms with Gasteiger partial charge in [0.2, 0.25) is 5.91 Å². The lowest BCUT2D eigenvalue weighted by molar-refractivity contribution is -0.142. The minimum absolute atomic E-state index is 0.190. The van der Waals surface area contributed by atoms with Gasteiger partial charge in [0.05, 0.1) is 0 Å². The Kier molecular flexibility index (Phi) is 5.75. The highest BCUT2D eigenvalue weighted by molar-refractivity contribution is 5.83. The number of amides is 1. The zero-order chi connectivity index (χ0) is 15.1. The van der Waals surface area contributed by atoms with E-state index in [0.29, 0.717) is 32.0 Å². The first kappa shape index (κ1) is 15.5. The molecule has 0 saturated carbocycles. The number of carbonyl (C=O) groups excluding carboxylic acids is 1. The van der Waals surface area contributed by atoms with Crippen molar-refractivity contribution in [1.29, 1.82) is 0 Å². The summed E-state index contributed by atoms with van der Waals surface area (Å²) in [5.41, 5.74) is 0.899. The monoisotopic (exact) mass is 291 g/mol. The van der Waals surface area contributed by atoms with Crippen LogP contribution < -0.4 is 5.32 Å². The molecule has 1 atom stereocenters. The van der Waals surface area contributed by atoms with Gasteiger partial charge < -0.3 is 15.2 Å². The molecule has 1 saturated heterocycles. The van der Waals surface area contributed by atoms with Gasteiger partial charge in [0, 0.05) is 26.1 Å². The summed E-state index contributed by atoms with van der Waals surface area (Å²) in [4.78, 5) is 23.3. The van der Waals surface area contributed by atoms with Crippen LogP contribution in [0.4, 0.5) is 0 Å². The Balaban J connectivity index is 1.86. The third-order valence-electron chi connectivity index (χ3n) is 3.73. The Hall–Kier alpha value is -1.88. The van der Waals surface area contributed by atoms with Gasteiger partial charge in [0.1, 0.15) is 6.04 Å². The highest BCUT2D eigenvalue weighted by Gasteiger charge is 2.23. The molecule has 1 heterocycles. The molecule has 0 spiro atoms. The lowest BCUT2D eigenvalue weighted by Crippen LogP contribution is -2.43. The maximum absolute atomic E-state index is 12.0. The van der Waals surface area contributed by atoms with Crippen molar-refractivity contribution in [3.63, 3.8) is 0 Å². The topological polar surface area (TPSA) is 75.6 Å². The van der Waals surface area contributed by atoms with Gasteiger partial charge in [0.25, 0.3) is 0 Å². The molecular formula is C16H21NO4. The predicted octanol–water partition coefficient (Wildman–Crippen LogP) is 1.62. The molecule has 0 radical (unpaired) electrons. The van der Waals surface area contributed by atoms with E-state index in [2.05, 4.69) is 5.32 Å². The van der Waals surface area contributed by atoms with Gasteiger partial charge in [0.15, 0.2) is 0 Å². The minimum Gasteiger partial charge on any atom is -0.480 e. The molecule has 0 aliphatic carbocycles. The second-order valence-electron chi connectivity index (χ2n) is 5.41. The number of hydrogen-bond acceptors (Lipinski definition) is 3. The Morgan fingerprint density at radius 2 is 1.90 bits per heavy atom. The average molecular weight is 291 g/mol. The van der Waals surface area contributed by atoms with Crippen LogP contribution in [0.15, 0.2) is 30.3 Å². The zero-order valence-corrected chi connectivity index (χ0v) is 12.0. The summed E-state index contributed by atoms with van der Waals surface area (Å²) >= 11 is 0. The SMILES string of the molecule is O=C(CC1CCOCC1)N[C@@H](Cc1ccccc1)C(=O)O. The first-order valence-corrected chi connectivity index (χ1v) is 7.29. The number of carboxylic acid groups (broad SMARTS) is 1. The van der Waals surface area contributed by atoms with Crippen molar-refractivity contribution in [2.45, 2.75) is 31.7 Å². The Morgan fingerprint density at radius 3 is 2.52 bits per heavy atom. The molecule has 114 valence electrons. The van der Waals surface area contributed by atoms with E-state index in [0.717, 1.165) is 18.4 Å². The number of ether oxygens (including phenoxy) is 1. The van der Waals surface area contributed by atoms with Crippen molar-refractivity contribution in [3.05, 3.63) is 35.9 Å². The first-order chi connectivity index (χ1) is 10.1. The summed E-state index contributed by atoms with van der Waals surface area (Å²) in [5.74, 6) is -0.894. The molecule has 1 fully saturated rings. The number of rotatable bonds is 6. The molecule has 5 heteroatoms. The van der Waals surface area contributed by atoms with E-state index in [1.165, 1.54) is 0 Å². The zero-order valence-electron chi connectivity index (χ0n) is 12.0. The van der Waals surface area contributed by atoms with Crippen LogP contribution in [0.3, 0.4) is 0 Å². The number of benzene rings is 1. The van der Waals surface area contributed by atoms with E-state index in [4.69, 9.17) is 4.74 Å². The van der Waals surface area contributed by atoms with Gasteiger partial charge in [-0.25, -0.2) is 4.79 Å². The second kappa shape index (κ2) is 7.78. The fourth-order valence-corrected chi connectivity index (χ4v) is 2.52. The third-order valence-corrected chi connectivity index (χ3v) is 3.73. The number of carbonyl (C=O) groups is 2. The number of nitrogens with one attached hydrogen (secondary N) is 1. The molecule has 0 aromatic heterocycles. The highest BCUT2D eigenvalue weighted by atomic mass is 16.5. The fourth-order valence-electron chi connectivity index (χ4n) is 2.52. The molecule has 5 nitrogen and oxygen atoms in total. The normalized spacial score (nSPS) is 17.1. The van der Waals surface area contributed by atoms with Gasteiger partial charge in [-0.05, 0) is 24.3 Å². The molecular weight excluding hydrogens is 270 g/mol. The molecule has 2 rings (SSSR count). The summed E-state index contributed by atoms with van der Waals surface area (Å²) in [6.07, 6.45) is 2.41. The van der Waals surface area contributed by atoms with Gasteiger partial charge in [-0.3, -0.25) is 4.79 Å². The van der Waals surface area contributed by atoms with E-state index >= 15 is 0 Å². The van der Waals surface area contributed by atoms with Crippen molar-refractivity contribution < 1.29 is 19.4 Å². The molecule has 1 amide bonds.